The molecule has 1 unspecified atom stereocenters. The Morgan fingerprint density at radius 2 is 2.06 bits per heavy atom. The molecule has 0 amide bonds. The van der Waals surface area contributed by atoms with Gasteiger partial charge in [0.15, 0.2) is 0 Å². The van der Waals surface area contributed by atoms with Gasteiger partial charge in [0.25, 0.3) is 0 Å². The molecule has 1 atom stereocenters. The summed E-state index contributed by atoms with van der Waals surface area (Å²) in [5.74, 6) is -0.444. The zero-order valence-corrected chi connectivity index (χ0v) is 11.2. The topological polar surface area (TPSA) is 32.3 Å². The third kappa shape index (κ3) is 5.48. The fourth-order valence-corrected chi connectivity index (χ4v) is 1.55. The third-order valence-electron chi connectivity index (χ3n) is 2.32. The van der Waals surface area contributed by atoms with Gasteiger partial charge in [-0.3, -0.25) is 0 Å². The predicted molar refractivity (Wildman–Crippen MR) is 68.9 cm³/mol. The summed E-state index contributed by atoms with van der Waals surface area (Å²) >= 11 is 5.59. The van der Waals surface area contributed by atoms with Crippen molar-refractivity contribution in [1.29, 1.82) is 0 Å². The van der Waals surface area contributed by atoms with Gasteiger partial charge in [0.05, 0.1) is 11.1 Å². The number of nitrogens with one attached hydrogen (secondary N) is 1. The van der Waals surface area contributed by atoms with Crippen molar-refractivity contribution >= 4 is 11.6 Å². The molecule has 0 bridgehead atoms. The van der Waals surface area contributed by atoms with Crippen molar-refractivity contribution in [1.82, 2.24) is 5.32 Å². The second-order valence-corrected chi connectivity index (χ2v) is 5.64. The van der Waals surface area contributed by atoms with Crippen LogP contribution in [0.25, 0.3) is 0 Å². The minimum atomic E-state index is -0.533. The minimum Gasteiger partial charge on any atom is -0.391 e. The maximum atomic E-state index is 13.2. The van der Waals surface area contributed by atoms with E-state index in [9.17, 15) is 9.50 Å². The molecule has 1 aromatic carbocycles. The van der Waals surface area contributed by atoms with Gasteiger partial charge in [-0.05, 0) is 44.9 Å². The molecule has 2 nitrogen and oxygen atoms in total. The van der Waals surface area contributed by atoms with Crippen LogP contribution in [0.3, 0.4) is 0 Å². The van der Waals surface area contributed by atoms with Crippen LogP contribution in [0.5, 0.6) is 0 Å². The fraction of sp³-hybridized carbons (Fsp3) is 0.538. The molecule has 96 valence electrons. The second-order valence-electron chi connectivity index (χ2n) is 5.24. The van der Waals surface area contributed by atoms with Crippen molar-refractivity contribution < 1.29 is 9.50 Å². The highest BCUT2D eigenvalue weighted by molar-refractivity contribution is 6.30. The van der Waals surface area contributed by atoms with E-state index in [0.717, 1.165) is 5.56 Å². The molecular formula is C13H19ClFNO. The minimum absolute atomic E-state index is 0.0355. The summed E-state index contributed by atoms with van der Waals surface area (Å²) < 4.78 is 13.2. The standard InChI is InChI=1S/C13H19ClFNO/c1-13(2,3)16-8-10(17)6-9-4-5-11(14)12(15)7-9/h4-5,7,10,16-17H,6,8H2,1-3H3. The molecule has 0 spiro atoms. The molecule has 0 radical (unpaired) electrons. The summed E-state index contributed by atoms with van der Waals surface area (Å²) in [6, 6.07) is 4.60. The van der Waals surface area contributed by atoms with Gasteiger partial charge in [-0.1, -0.05) is 17.7 Å². The number of rotatable bonds is 4. The van der Waals surface area contributed by atoms with E-state index in [-0.39, 0.29) is 10.6 Å². The lowest BCUT2D eigenvalue weighted by Crippen LogP contribution is -2.41. The zero-order chi connectivity index (χ0) is 13.1. The van der Waals surface area contributed by atoms with E-state index in [2.05, 4.69) is 5.32 Å². The molecule has 0 aliphatic carbocycles. The van der Waals surface area contributed by atoms with Crippen LogP contribution >= 0.6 is 11.6 Å². The molecule has 0 saturated heterocycles. The van der Waals surface area contributed by atoms with E-state index in [4.69, 9.17) is 11.6 Å². The Morgan fingerprint density at radius 3 is 2.59 bits per heavy atom. The first-order valence-corrected chi connectivity index (χ1v) is 6.03. The van der Waals surface area contributed by atoms with E-state index in [1.807, 2.05) is 20.8 Å². The molecule has 4 heteroatoms. The van der Waals surface area contributed by atoms with E-state index in [1.54, 1.807) is 6.07 Å². The van der Waals surface area contributed by atoms with Gasteiger partial charge in [-0.25, -0.2) is 4.39 Å². The smallest absolute Gasteiger partial charge is 0.142 e. The molecular weight excluding hydrogens is 241 g/mol. The summed E-state index contributed by atoms with van der Waals surface area (Å²) in [6.45, 7) is 6.57. The number of hydrogen-bond acceptors (Lipinski definition) is 2. The van der Waals surface area contributed by atoms with Crippen molar-refractivity contribution in [2.45, 2.75) is 38.8 Å². The van der Waals surface area contributed by atoms with Gasteiger partial charge in [-0.2, -0.15) is 0 Å². The molecule has 2 N–H and O–H groups in total. The monoisotopic (exact) mass is 259 g/mol. The Hall–Kier alpha value is -0.640. The van der Waals surface area contributed by atoms with Crippen LogP contribution in [-0.2, 0) is 6.42 Å². The molecule has 0 aliphatic heterocycles. The Balaban J connectivity index is 2.50. The SMILES string of the molecule is CC(C)(C)NCC(O)Cc1ccc(Cl)c(F)c1. The summed E-state index contributed by atoms with van der Waals surface area (Å²) in [6.07, 6.45) is -0.119. The van der Waals surface area contributed by atoms with Gasteiger partial charge >= 0.3 is 0 Å². The first-order chi connectivity index (χ1) is 7.78. The van der Waals surface area contributed by atoms with Crippen LogP contribution < -0.4 is 5.32 Å². The molecule has 17 heavy (non-hydrogen) atoms. The van der Waals surface area contributed by atoms with E-state index >= 15 is 0 Å². The molecule has 0 aliphatic rings. The van der Waals surface area contributed by atoms with Crippen molar-refractivity contribution in [3.63, 3.8) is 0 Å². The number of benzene rings is 1. The molecule has 1 aromatic rings. The third-order valence-corrected chi connectivity index (χ3v) is 2.63. The quantitative estimate of drug-likeness (QED) is 0.872. The molecule has 0 heterocycles. The van der Waals surface area contributed by atoms with Crippen LogP contribution in [0.2, 0.25) is 5.02 Å². The second kappa shape index (κ2) is 5.80. The van der Waals surface area contributed by atoms with E-state index in [1.165, 1.54) is 12.1 Å². The average molecular weight is 260 g/mol. The number of hydrogen-bond donors (Lipinski definition) is 2. The predicted octanol–water partition coefficient (Wildman–Crippen LogP) is 2.77. The van der Waals surface area contributed by atoms with Gasteiger partial charge < -0.3 is 10.4 Å². The van der Waals surface area contributed by atoms with Crippen LogP contribution in [0.1, 0.15) is 26.3 Å². The molecule has 0 saturated carbocycles. The van der Waals surface area contributed by atoms with Gasteiger partial charge in [0, 0.05) is 12.1 Å². The van der Waals surface area contributed by atoms with Gasteiger partial charge in [-0.15, -0.1) is 0 Å². The highest BCUT2D eigenvalue weighted by Gasteiger charge is 2.13. The lowest BCUT2D eigenvalue weighted by atomic mass is 10.1. The normalized spacial score (nSPS) is 13.8. The lowest BCUT2D eigenvalue weighted by Gasteiger charge is -2.23. The lowest BCUT2D eigenvalue weighted by molar-refractivity contribution is 0.161. The Labute approximate surface area is 107 Å². The summed E-state index contributed by atoms with van der Waals surface area (Å²) in [5.41, 5.74) is 0.710. The van der Waals surface area contributed by atoms with Crippen molar-refractivity contribution in [3.05, 3.63) is 34.6 Å². The number of aliphatic hydroxyl groups is 1. The summed E-state index contributed by atoms with van der Waals surface area (Å²) in [7, 11) is 0. The van der Waals surface area contributed by atoms with Crippen LogP contribution in [0.15, 0.2) is 18.2 Å². The number of halogens is 2. The van der Waals surface area contributed by atoms with Crippen LogP contribution in [0, 0.1) is 5.82 Å². The zero-order valence-electron chi connectivity index (χ0n) is 10.4. The van der Waals surface area contributed by atoms with E-state index in [0.29, 0.717) is 13.0 Å². The average Bonchev–Trinajstić information content (AvgIpc) is 2.20. The van der Waals surface area contributed by atoms with Crippen LogP contribution in [0.4, 0.5) is 4.39 Å². The Bertz CT molecular complexity index is 376. The van der Waals surface area contributed by atoms with E-state index < -0.39 is 11.9 Å². The maximum Gasteiger partial charge on any atom is 0.142 e. The van der Waals surface area contributed by atoms with Crippen molar-refractivity contribution in [3.8, 4) is 0 Å². The fourth-order valence-electron chi connectivity index (χ4n) is 1.43. The maximum absolute atomic E-state index is 13.2. The molecule has 1 rings (SSSR count). The molecule has 0 aromatic heterocycles. The molecule has 0 fully saturated rings. The largest absolute Gasteiger partial charge is 0.391 e. The van der Waals surface area contributed by atoms with Crippen molar-refractivity contribution in [2.24, 2.45) is 0 Å². The Morgan fingerprint density at radius 1 is 1.41 bits per heavy atom. The number of aliphatic hydroxyl groups excluding tert-OH is 1. The van der Waals surface area contributed by atoms with Crippen molar-refractivity contribution in [2.75, 3.05) is 6.54 Å². The van der Waals surface area contributed by atoms with Gasteiger partial charge in [0.1, 0.15) is 5.82 Å². The van der Waals surface area contributed by atoms with Crippen LogP contribution in [-0.4, -0.2) is 23.3 Å². The number of β-amino-alcohol motifs (C(OH)–C–C–N with tert-alkyl or cyclic N) is 1. The highest BCUT2D eigenvalue weighted by Crippen LogP contribution is 2.16. The summed E-state index contributed by atoms with van der Waals surface area (Å²) in [5, 5.41) is 13.1. The first kappa shape index (κ1) is 14.4. The summed E-state index contributed by atoms with van der Waals surface area (Å²) in [4.78, 5) is 0. The first-order valence-electron chi connectivity index (χ1n) is 5.65. The van der Waals surface area contributed by atoms with Gasteiger partial charge in [0.2, 0.25) is 0 Å². The highest BCUT2D eigenvalue weighted by atomic mass is 35.5. The Kier molecular flexibility index (Phi) is 4.92.